The van der Waals surface area contributed by atoms with Gasteiger partial charge in [-0.25, -0.2) is 0 Å². The van der Waals surface area contributed by atoms with Crippen molar-refractivity contribution in [2.24, 2.45) is 5.92 Å². The third-order valence-electron chi connectivity index (χ3n) is 5.26. The first-order chi connectivity index (χ1) is 12.0. The maximum Gasteiger partial charge on any atom is 0.201 e. The molecule has 4 rings (SSSR count). The number of carbonyl (C=O) groups excluding carboxylic acids is 3. The molecule has 0 bridgehead atoms. The van der Waals surface area contributed by atoms with Crippen LogP contribution in [-0.4, -0.2) is 27.6 Å². The van der Waals surface area contributed by atoms with Crippen LogP contribution in [0.15, 0.2) is 24.3 Å². The number of benzene rings is 2. The van der Waals surface area contributed by atoms with Gasteiger partial charge in [-0.05, 0) is 31.4 Å². The average Bonchev–Trinajstić information content (AvgIpc) is 2.60. The molecule has 0 saturated heterocycles. The van der Waals surface area contributed by atoms with Crippen molar-refractivity contribution < 1.29 is 24.6 Å². The zero-order chi connectivity index (χ0) is 17.9. The van der Waals surface area contributed by atoms with Gasteiger partial charge in [0.25, 0.3) is 0 Å². The summed E-state index contributed by atoms with van der Waals surface area (Å²) in [4.78, 5) is 38.3. The van der Waals surface area contributed by atoms with Crippen LogP contribution in [0.4, 0.5) is 0 Å². The van der Waals surface area contributed by atoms with Crippen molar-refractivity contribution in [1.82, 2.24) is 0 Å². The van der Waals surface area contributed by atoms with E-state index >= 15 is 0 Å². The third-order valence-corrected chi connectivity index (χ3v) is 5.26. The smallest absolute Gasteiger partial charge is 0.201 e. The Morgan fingerprint density at radius 1 is 1.00 bits per heavy atom. The van der Waals surface area contributed by atoms with Crippen LogP contribution in [0, 0.1) is 5.92 Å². The van der Waals surface area contributed by atoms with E-state index in [1.807, 2.05) is 6.92 Å². The minimum absolute atomic E-state index is 0.0319. The molecular formula is C20H16O5. The Morgan fingerprint density at radius 2 is 1.76 bits per heavy atom. The first kappa shape index (κ1) is 15.6. The molecule has 0 heterocycles. The van der Waals surface area contributed by atoms with E-state index in [4.69, 9.17) is 0 Å². The molecule has 0 spiro atoms. The largest absolute Gasteiger partial charge is 0.507 e. The van der Waals surface area contributed by atoms with Crippen molar-refractivity contribution in [3.05, 3.63) is 57.6 Å². The van der Waals surface area contributed by atoms with Gasteiger partial charge < -0.3 is 10.2 Å². The van der Waals surface area contributed by atoms with Crippen LogP contribution in [0.5, 0.6) is 11.5 Å². The van der Waals surface area contributed by atoms with Gasteiger partial charge in [0.2, 0.25) is 5.78 Å². The molecule has 2 aromatic carbocycles. The lowest BCUT2D eigenvalue weighted by Crippen LogP contribution is -2.27. The van der Waals surface area contributed by atoms with Crippen molar-refractivity contribution in [3.63, 3.8) is 0 Å². The number of hydrogen-bond acceptors (Lipinski definition) is 5. The van der Waals surface area contributed by atoms with Gasteiger partial charge in [-0.2, -0.15) is 0 Å². The first-order valence-electron chi connectivity index (χ1n) is 8.30. The third kappa shape index (κ3) is 1.98. The predicted octanol–water partition coefficient (Wildman–Crippen LogP) is 3.03. The molecule has 0 saturated carbocycles. The molecule has 5 nitrogen and oxygen atoms in total. The van der Waals surface area contributed by atoms with E-state index in [9.17, 15) is 24.6 Å². The van der Waals surface area contributed by atoms with Gasteiger partial charge >= 0.3 is 0 Å². The van der Waals surface area contributed by atoms with Crippen LogP contribution in [0.2, 0.25) is 0 Å². The number of rotatable bonds is 1. The fourth-order valence-corrected chi connectivity index (χ4v) is 3.89. The summed E-state index contributed by atoms with van der Waals surface area (Å²) < 4.78 is 0. The summed E-state index contributed by atoms with van der Waals surface area (Å²) in [6.07, 6.45) is 1.78. The van der Waals surface area contributed by atoms with Gasteiger partial charge in [0, 0.05) is 28.2 Å². The molecule has 1 unspecified atom stereocenters. The lowest BCUT2D eigenvalue weighted by atomic mass is 9.75. The second-order valence-corrected chi connectivity index (χ2v) is 6.54. The minimum Gasteiger partial charge on any atom is -0.507 e. The van der Waals surface area contributed by atoms with Crippen molar-refractivity contribution in [3.8, 4) is 11.5 Å². The van der Waals surface area contributed by atoms with Crippen molar-refractivity contribution in [2.75, 3.05) is 0 Å². The van der Waals surface area contributed by atoms with Crippen LogP contribution in [0.25, 0.3) is 0 Å². The number of phenols is 2. The summed E-state index contributed by atoms with van der Waals surface area (Å²) in [6, 6.07) is 5.73. The van der Waals surface area contributed by atoms with E-state index in [1.54, 1.807) is 0 Å². The number of Topliss-reactive ketones (excluding diaryl/α,β-unsaturated/α-hetero) is 1. The van der Waals surface area contributed by atoms with Crippen LogP contribution in [0.1, 0.15) is 67.5 Å². The van der Waals surface area contributed by atoms with Crippen molar-refractivity contribution in [2.45, 2.75) is 26.2 Å². The summed E-state index contributed by atoms with van der Waals surface area (Å²) >= 11 is 0. The summed E-state index contributed by atoms with van der Waals surface area (Å²) in [5.74, 6) is -1.87. The Hall–Kier alpha value is -2.95. The van der Waals surface area contributed by atoms with E-state index < -0.39 is 11.6 Å². The average molecular weight is 336 g/mol. The number of phenolic OH excluding ortho intramolecular Hbond substituents is 2. The molecular weight excluding hydrogens is 320 g/mol. The maximum atomic E-state index is 12.8. The first-order valence-corrected chi connectivity index (χ1v) is 8.30. The number of fused-ring (bicyclic) bond motifs is 3. The predicted molar refractivity (Wildman–Crippen MR) is 89.5 cm³/mol. The monoisotopic (exact) mass is 336 g/mol. The SMILES string of the molecule is CCC1CCc2c(cc3c(c2O)C(=O)c2c(O)cccc2C3=O)C1=O. The molecule has 2 aromatic rings. The van der Waals surface area contributed by atoms with Crippen LogP contribution in [0.3, 0.4) is 0 Å². The Labute approximate surface area is 143 Å². The molecule has 126 valence electrons. The second-order valence-electron chi connectivity index (χ2n) is 6.54. The fourth-order valence-electron chi connectivity index (χ4n) is 3.89. The number of hydrogen-bond donors (Lipinski definition) is 2. The Balaban J connectivity index is 2.00. The van der Waals surface area contributed by atoms with Crippen LogP contribution < -0.4 is 0 Å². The molecule has 0 amide bonds. The highest BCUT2D eigenvalue weighted by atomic mass is 16.3. The molecule has 2 aliphatic rings. The van der Waals surface area contributed by atoms with E-state index in [1.165, 1.54) is 24.3 Å². The van der Waals surface area contributed by atoms with Crippen molar-refractivity contribution in [1.29, 1.82) is 0 Å². The summed E-state index contributed by atoms with van der Waals surface area (Å²) in [5.41, 5.74) is 0.675. The molecule has 2 N–H and O–H groups in total. The molecule has 0 aliphatic heterocycles. The lowest BCUT2D eigenvalue weighted by Gasteiger charge is -2.27. The Kier molecular flexibility index (Phi) is 3.29. The molecule has 2 aliphatic carbocycles. The van der Waals surface area contributed by atoms with Crippen LogP contribution >= 0.6 is 0 Å². The van der Waals surface area contributed by atoms with Gasteiger partial charge in [0.15, 0.2) is 11.6 Å². The highest BCUT2D eigenvalue weighted by Gasteiger charge is 2.38. The minimum atomic E-state index is -0.590. The molecule has 25 heavy (non-hydrogen) atoms. The van der Waals surface area contributed by atoms with E-state index in [0.29, 0.717) is 30.4 Å². The number of carbonyl (C=O) groups is 3. The topological polar surface area (TPSA) is 91.7 Å². The van der Waals surface area contributed by atoms with Gasteiger partial charge in [-0.3, -0.25) is 14.4 Å². The van der Waals surface area contributed by atoms with E-state index in [-0.39, 0.29) is 45.5 Å². The highest BCUT2D eigenvalue weighted by Crippen LogP contribution is 2.42. The standard InChI is InChI=1S/C20H16O5/c1-2-9-6-7-10-12(17(9)22)8-13-16(19(10)24)20(25)15-11(18(13)23)4-3-5-14(15)21/h3-5,8-9,21,24H,2,6-7H2,1H3. The highest BCUT2D eigenvalue weighted by molar-refractivity contribution is 6.31. The summed E-state index contributed by atoms with van der Waals surface area (Å²) in [7, 11) is 0. The summed E-state index contributed by atoms with van der Waals surface area (Å²) in [5, 5.41) is 20.7. The fraction of sp³-hybridized carbons (Fsp3) is 0.250. The normalized spacial score (nSPS) is 18.6. The molecule has 0 radical (unpaired) electrons. The van der Waals surface area contributed by atoms with Gasteiger partial charge in [0.1, 0.15) is 11.5 Å². The lowest BCUT2D eigenvalue weighted by molar-refractivity contribution is 0.0895. The number of aromatic hydroxyl groups is 2. The Bertz CT molecular complexity index is 971. The molecule has 0 fully saturated rings. The van der Waals surface area contributed by atoms with Crippen LogP contribution in [-0.2, 0) is 6.42 Å². The quantitative estimate of drug-likeness (QED) is 0.713. The number of ketones is 3. The molecule has 5 heteroatoms. The van der Waals surface area contributed by atoms with Gasteiger partial charge in [-0.1, -0.05) is 19.1 Å². The van der Waals surface area contributed by atoms with Gasteiger partial charge in [-0.15, -0.1) is 0 Å². The van der Waals surface area contributed by atoms with Crippen molar-refractivity contribution >= 4 is 17.3 Å². The molecule has 0 aromatic heterocycles. The van der Waals surface area contributed by atoms with Gasteiger partial charge in [0.05, 0.1) is 11.1 Å². The van der Waals surface area contributed by atoms with E-state index in [2.05, 4.69) is 0 Å². The Morgan fingerprint density at radius 3 is 2.48 bits per heavy atom. The van der Waals surface area contributed by atoms with E-state index in [0.717, 1.165) is 0 Å². The maximum absolute atomic E-state index is 12.8. The summed E-state index contributed by atoms with van der Waals surface area (Å²) in [6.45, 7) is 1.93. The molecule has 1 atom stereocenters. The zero-order valence-electron chi connectivity index (χ0n) is 13.6. The second kappa shape index (κ2) is 5.28. The zero-order valence-corrected chi connectivity index (χ0v) is 13.6.